The molecule has 5 nitrogen and oxygen atoms in total. The summed E-state index contributed by atoms with van der Waals surface area (Å²) in [5.41, 5.74) is 2.74. The van der Waals surface area contributed by atoms with Crippen LogP contribution in [-0.2, 0) is 4.79 Å². The highest BCUT2D eigenvalue weighted by molar-refractivity contribution is 5.96. The van der Waals surface area contributed by atoms with E-state index in [-0.39, 0.29) is 18.7 Å². The number of benzene rings is 2. The van der Waals surface area contributed by atoms with Crippen LogP contribution in [0.4, 0.5) is 11.4 Å². The van der Waals surface area contributed by atoms with Gasteiger partial charge in [0.25, 0.3) is 0 Å². The minimum atomic E-state index is -0.0943. The zero-order chi connectivity index (χ0) is 14.2. The fourth-order valence-corrected chi connectivity index (χ4v) is 2.67. The predicted octanol–water partition coefficient (Wildman–Crippen LogP) is 2.91. The number of fused-ring (bicyclic) bond motifs is 2. The Morgan fingerprint density at radius 3 is 2.71 bits per heavy atom. The number of nitrogens with one attached hydrogen (secondary N) is 2. The maximum absolute atomic E-state index is 12.1. The third-order valence-corrected chi connectivity index (χ3v) is 3.72. The second-order valence-corrected chi connectivity index (χ2v) is 5.11. The molecule has 0 aliphatic carbocycles. The van der Waals surface area contributed by atoms with Gasteiger partial charge in [-0.3, -0.25) is 4.79 Å². The highest BCUT2D eigenvalue weighted by atomic mass is 16.7. The Morgan fingerprint density at radius 2 is 1.81 bits per heavy atom. The number of carbonyl (C=O) groups is 1. The van der Waals surface area contributed by atoms with Gasteiger partial charge in [-0.05, 0) is 29.8 Å². The molecule has 106 valence electrons. The Bertz CT molecular complexity index is 714. The maximum Gasteiger partial charge on any atom is 0.231 e. The molecule has 5 heteroatoms. The van der Waals surface area contributed by atoms with Crippen molar-refractivity contribution in [2.45, 2.75) is 12.5 Å². The van der Waals surface area contributed by atoms with Crippen LogP contribution in [0.15, 0.2) is 42.5 Å². The van der Waals surface area contributed by atoms with Crippen molar-refractivity contribution < 1.29 is 14.3 Å². The minimum absolute atomic E-state index is 0.00452. The van der Waals surface area contributed by atoms with Gasteiger partial charge >= 0.3 is 0 Å². The molecule has 2 aromatic rings. The van der Waals surface area contributed by atoms with Crippen molar-refractivity contribution >= 4 is 17.3 Å². The Balaban J connectivity index is 1.70. The maximum atomic E-state index is 12.1. The van der Waals surface area contributed by atoms with Crippen LogP contribution in [0.1, 0.15) is 18.0 Å². The number of carbonyl (C=O) groups excluding carboxylic acids is 1. The second-order valence-electron chi connectivity index (χ2n) is 5.11. The van der Waals surface area contributed by atoms with Crippen LogP contribution < -0.4 is 20.1 Å². The number of para-hydroxylation sites is 2. The van der Waals surface area contributed by atoms with Gasteiger partial charge in [0.05, 0.1) is 23.8 Å². The molecule has 4 rings (SSSR count). The zero-order valence-electron chi connectivity index (χ0n) is 11.3. The first kappa shape index (κ1) is 12.1. The predicted molar refractivity (Wildman–Crippen MR) is 78.6 cm³/mol. The fraction of sp³-hybridized carbons (Fsp3) is 0.188. The highest BCUT2D eigenvalue weighted by Gasteiger charge is 2.23. The van der Waals surface area contributed by atoms with Gasteiger partial charge in [-0.1, -0.05) is 18.2 Å². The number of anilines is 2. The van der Waals surface area contributed by atoms with Gasteiger partial charge in [0.1, 0.15) is 0 Å². The Morgan fingerprint density at radius 1 is 1.00 bits per heavy atom. The number of hydrogen-bond acceptors (Lipinski definition) is 4. The number of ether oxygens (including phenoxy) is 2. The van der Waals surface area contributed by atoms with Crippen molar-refractivity contribution in [3.8, 4) is 11.5 Å². The largest absolute Gasteiger partial charge is 0.454 e. The van der Waals surface area contributed by atoms with Crippen molar-refractivity contribution in [3.05, 3.63) is 48.0 Å². The van der Waals surface area contributed by atoms with Crippen molar-refractivity contribution in [2.24, 2.45) is 0 Å². The summed E-state index contributed by atoms with van der Waals surface area (Å²) in [4.78, 5) is 12.1. The van der Waals surface area contributed by atoms with Crippen LogP contribution in [0.25, 0.3) is 0 Å². The smallest absolute Gasteiger partial charge is 0.231 e. The first-order valence-corrected chi connectivity index (χ1v) is 6.84. The molecule has 1 amide bonds. The van der Waals surface area contributed by atoms with E-state index in [1.165, 1.54) is 0 Å². The Hall–Kier alpha value is -2.69. The summed E-state index contributed by atoms with van der Waals surface area (Å²) in [6.07, 6.45) is 0.369. The average molecular weight is 282 g/mol. The van der Waals surface area contributed by atoms with Crippen molar-refractivity contribution in [1.29, 1.82) is 0 Å². The van der Waals surface area contributed by atoms with Gasteiger partial charge in [0, 0.05) is 0 Å². The van der Waals surface area contributed by atoms with Gasteiger partial charge in [0.2, 0.25) is 12.7 Å². The molecule has 0 spiro atoms. The summed E-state index contributed by atoms with van der Waals surface area (Å²) in [7, 11) is 0. The standard InChI is InChI=1S/C16H14N2O3/c19-16-8-13(17-11-3-1-2-4-12(11)18-16)10-5-6-14-15(7-10)21-9-20-14/h1-7,13,17H,8-9H2,(H,18,19). The topological polar surface area (TPSA) is 59.6 Å². The third kappa shape index (κ3) is 2.16. The molecule has 21 heavy (non-hydrogen) atoms. The molecule has 0 radical (unpaired) electrons. The normalized spacial score (nSPS) is 19.2. The zero-order valence-corrected chi connectivity index (χ0v) is 11.3. The van der Waals surface area contributed by atoms with E-state index in [1.807, 2.05) is 42.5 Å². The average Bonchev–Trinajstić information content (AvgIpc) is 2.88. The molecule has 0 fully saturated rings. The Labute approximate surface area is 121 Å². The lowest BCUT2D eigenvalue weighted by molar-refractivity contribution is -0.116. The molecule has 0 saturated carbocycles. The van der Waals surface area contributed by atoms with Gasteiger partial charge in [-0.15, -0.1) is 0 Å². The first-order valence-electron chi connectivity index (χ1n) is 6.84. The molecule has 2 aromatic carbocycles. The number of amides is 1. The van der Waals surface area contributed by atoms with Crippen molar-refractivity contribution in [3.63, 3.8) is 0 Å². The van der Waals surface area contributed by atoms with E-state index in [0.29, 0.717) is 6.42 Å². The van der Waals surface area contributed by atoms with Crippen molar-refractivity contribution in [2.75, 3.05) is 17.4 Å². The van der Waals surface area contributed by atoms with E-state index < -0.39 is 0 Å². The molecule has 0 aromatic heterocycles. The molecule has 0 bridgehead atoms. The van der Waals surface area contributed by atoms with Gasteiger partial charge in [-0.25, -0.2) is 0 Å². The first-order chi connectivity index (χ1) is 10.3. The summed E-state index contributed by atoms with van der Waals surface area (Å²) in [6, 6.07) is 13.4. The monoisotopic (exact) mass is 282 g/mol. The second kappa shape index (κ2) is 4.70. The molecule has 2 heterocycles. The highest BCUT2D eigenvalue weighted by Crippen LogP contribution is 2.37. The lowest BCUT2D eigenvalue weighted by Crippen LogP contribution is -2.15. The lowest BCUT2D eigenvalue weighted by atomic mass is 10.0. The van der Waals surface area contributed by atoms with Gasteiger partial charge < -0.3 is 20.1 Å². The number of rotatable bonds is 1. The summed E-state index contributed by atoms with van der Waals surface area (Å²) in [6.45, 7) is 0.250. The van der Waals surface area contributed by atoms with Gasteiger partial charge in [-0.2, -0.15) is 0 Å². The van der Waals surface area contributed by atoms with E-state index in [1.54, 1.807) is 0 Å². The molecule has 1 atom stereocenters. The summed E-state index contributed by atoms with van der Waals surface area (Å²) in [5.74, 6) is 1.47. The minimum Gasteiger partial charge on any atom is -0.454 e. The van der Waals surface area contributed by atoms with Crippen LogP contribution >= 0.6 is 0 Å². The molecule has 2 aliphatic heterocycles. The van der Waals surface area contributed by atoms with E-state index in [4.69, 9.17) is 9.47 Å². The van der Waals surface area contributed by atoms with Crippen LogP contribution in [0, 0.1) is 0 Å². The summed E-state index contributed by atoms with van der Waals surface area (Å²) < 4.78 is 10.7. The van der Waals surface area contributed by atoms with Crippen LogP contribution in [0.2, 0.25) is 0 Å². The molecular formula is C16H14N2O3. The summed E-state index contributed by atoms with van der Waals surface area (Å²) in [5, 5.41) is 6.33. The molecule has 0 saturated heterocycles. The Kier molecular flexibility index (Phi) is 2.70. The van der Waals surface area contributed by atoms with E-state index in [2.05, 4.69) is 10.6 Å². The van der Waals surface area contributed by atoms with E-state index in [0.717, 1.165) is 28.4 Å². The van der Waals surface area contributed by atoms with Crippen LogP contribution in [-0.4, -0.2) is 12.7 Å². The number of hydrogen-bond donors (Lipinski definition) is 2. The molecule has 2 N–H and O–H groups in total. The van der Waals surface area contributed by atoms with Gasteiger partial charge in [0.15, 0.2) is 11.5 Å². The third-order valence-electron chi connectivity index (χ3n) is 3.72. The summed E-state index contributed by atoms with van der Waals surface area (Å²) >= 11 is 0. The SMILES string of the molecule is O=C1CC(c2ccc3c(c2)OCO3)Nc2ccccc2N1. The van der Waals surface area contributed by atoms with Crippen LogP contribution in [0.3, 0.4) is 0 Å². The fourth-order valence-electron chi connectivity index (χ4n) is 2.67. The van der Waals surface area contributed by atoms with Crippen LogP contribution in [0.5, 0.6) is 11.5 Å². The lowest BCUT2D eigenvalue weighted by Gasteiger charge is -2.17. The molecular weight excluding hydrogens is 268 g/mol. The van der Waals surface area contributed by atoms with E-state index >= 15 is 0 Å². The molecule has 1 unspecified atom stereocenters. The quantitative estimate of drug-likeness (QED) is 0.844. The van der Waals surface area contributed by atoms with Crippen molar-refractivity contribution in [1.82, 2.24) is 0 Å². The molecule has 2 aliphatic rings. The van der Waals surface area contributed by atoms with E-state index in [9.17, 15) is 4.79 Å².